The van der Waals surface area contributed by atoms with Gasteiger partial charge in [-0.25, -0.2) is 0 Å². The van der Waals surface area contributed by atoms with Crippen molar-refractivity contribution < 1.29 is 9.47 Å². The Bertz CT molecular complexity index is 26.7. The van der Waals surface area contributed by atoms with Crippen molar-refractivity contribution in [2.75, 3.05) is 26.9 Å². The smallest absolute Gasteiger partial charge is 0.0700 e. The van der Waals surface area contributed by atoms with Gasteiger partial charge in [0.05, 0.1) is 13.2 Å². The lowest BCUT2D eigenvalue weighted by atomic mass is 10.7. The zero-order chi connectivity index (χ0) is 9.54. The Morgan fingerprint density at radius 1 is 0.909 bits per heavy atom. The van der Waals surface area contributed by atoms with Crippen LogP contribution < -0.4 is 0 Å². The van der Waals surface area contributed by atoms with Gasteiger partial charge in [-0.1, -0.05) is 27.7 Å². The molecule has 0 amide bonds. The van der Waals surface area contributed by atoms with E-state index in [0.717, 1.165) is 6.61 Å². The predicted molar refractivity (Wildman–Crippen MR) is 51.1 cm³/mol. The summed E-state index contributed by atoms with van der Waals surface area (Å²) in [6.45, 7) is 12.2. The highest BCUT2D eigenvalue weighted by molar-refractivity contribution is 4.21. The molecule has 2 heteroatoms. The van der Waals surface area contributed by atoms with Crippen LogP contribution in [-0.4, -0.2) is 26.9 Å². The molecule has 0 fully saturated rings. The third-order valence-corrected chi connectivity index (χ3v) is 0.636. The molecule has 0 aromatic rings. The number of rotatable bonds is 4. The van der Waals surface area contributed by atoms with Gasteiger partial charge in [-0.3, -0.25) is 0 Å². The van der Waals surface area contributed by atoms with Crippen LogP contribution >= 0.6 is 0 Å². The van der Waals surface area contributed by atoms with Crippen molar-refractivity contribution in [3.63, 3.8) is 0 Å². The first-order valence-electron chi connectivity index (χ1n) is 4.48. The predicted octanol–water partition coefficient (Wildman–Crippen LogP) is 2.72. The van der Waals surface area contributed by atoms with Crippen LogP contribution in [0.5, 0.6) is 0 Å². The van der Waals surface area contributed by atoms with Crippen molar-refractivity contribution in [3.8, 4) is 0 Å². The summed E-state index contributed by atoms with van der Waals surface area (Å²) in [6.07, 6.45) is 0. The van der Waals surface area contributed by atoms with Gasteiger partial charge in [0.2, 0.25) is 0 Å². The minimum absolute atomic E-state index is 0.702. The van der Waals surface area contributed by atoms with E-state index in [1.807, 2.05) is 34.6 Å². The molecule has 0 aliphatic carbocycles. The SMILES string of the molecule is CC.CC.CCOCCOC. The third-order valence-electron chi connectivity index (χ3n) is 0.636. The Balaban J connectivity index is -0.000000138. The van der Waals surface area contributed by atoms with Gasteiger partial charge in [-0.2, -0.15) is 0 Å². The Kier molecular flexibility index (Phi) is 50.8. The maximum atomic E-state index is 4.95. The molecule has 0 heterocycles. The molecule has 0 aromatic heterocycles. The largest absolute Gasteiger partial charge is 0.382 e. The highest BCUT2D eigenvalue weighted by atomic mass is 16.5. The van der Waals surface area contributed by atoms with Crippen LogP contribution in [0.4, 0.5) is 0 Å². The number of ether oxygens (including phenoxy) is 2. The molecule has 0 spiro atoms. The topological polar surface area (TPSA) is 18.5 Å². The standard InChI is InChI=1S/C5H12O2.2C2H6/c1-3-7-5-4-6-2;2*1-2/h3-5H2,1-2H3;2*1-2H3. The number of methoxy groups -OCH3 is 1. The molecule has 0 radical (unpaired) electrons. The third kappa shape index (κ3) is 40.5. The Labute approximate surface area is 71.9 Å². The summed E-state index contributed by atoms with van der Waals surface area (Å²) < 4.78 is 9.67. The lowest BCUT2D eigenvalue weighted by molar-refractivity contribution is 0.0777. The van der Waals surface area contributed by atoms with Crippen molar-refractivity contribution in [1.82, 2.24) is 0 Å². The summed E-state index contributed by atoms with van der Waals surface area (Å²) in [5, 5.41) is 0. The maximum absolute atomic E-state index is 4.95. The minimum Gasteiger partial charge on any atom is -0.382 e. The summed E-state index contributed by atoms with van der Waals surface area (Å²) in [5.41, 5.74) is 0. The van der Waals surface area contributed by atoms with Crippen LogP contribution in [0.15, 0.2) is 0 Å². The lowest BCUT2D eigenvalue weighted by Gasteiger charge is -1.96. The summed E-state index contributed by atoms with van der Waals surface area (Å²) in [7, 11) is 1.67. The van der Waals surface area contributed by atoms with E-state index in [1.165, 1.54) is 0 Å². The summed E-state index contributed by atoms with van der Waals surface area (Å²) in [5.74, 6) is 0. The first-order valence-corrected chi connectivity index (χ1v) is 4.48. The van der Waals surface area contributed by atoms with Crippen molar-refractivity contribution in [1.29, 1.82) is 0 Å². The molecular weight excluding hydrogens is 140 g/mol. The van der Waals surface area contributed by atoms with Crippen LogP contribution in [0.2, 0.25) is 0 Å². The van der Waals surface area contributed by atoms with E-state index in [-0.39, 0.29) is 0 Å². The van der Waals surface area contributed by atoms with Crippen LogP contribution in [-0.2, 0) is 9.47 Å². The van der Waals surface area contributed by atoms with Gasteiger partial charge in [0.1, 0.15) is 0 Å². The van der Waals surface area contributed by atoms with E-state index >= 15 is 0 Å². The van der Waals surface area contributed by atoms with E-state index in [4.69, 9.17) is 9.47 Å². The van der Waals surface area contributed by atoms with Crippen LogP contribution in [0.1, 0.15) is 34.6 Å². The fourth-order valence-corrected chi connectivity index (χ4v) is 0.287. The van der Waals surface area contributed by atoms with E-state index in [0.29, 0.717) is 13.2 Å². The van der Waals surface area contributed by atoms with Gasteiger partial charge >= 0.3 is 0 Å². The van der Waals surface area contributed by atoms with Crippen molar-refractivity contribution in [2.24, 2.45) is 0 Å². The van der Waals surface area contributed by atoms with Gasteiger partial charge in [0.15, 0.2) is 0 Å². The zero-order valence-electron chi connectivity index (χ0n) is 8.94. The molecule has 0 aromatic carbocycles. The van der Waals surface area contributed by atoms with Crippen LogP contribution in [0.3, 0.4) is 0 Å². The molecule has 11 heavy (non-hydrogen) atoms. The molecule has 0 saturated carbocycles. The quantitative estimate of drug-likeness (QED) is 0.595. The fourth-order valence-electron chi connectivity index (χ4n) is 0.287. The summed E-state index contributed by atoms with van der Waals surface area (Å²) in [4.78, 5) is 0. The highest BCUT2D eigenvalue weighted by Crippen LogP contribution is 1.71. The maximum Gasteiger partial charge on any atom is 0.0700 e. The van der Waals surface area contributed by atoms with Gasteiger partial charge in [-0.05, 0) is 6.92 Å². The van der Waals surface area contributed by atoms with E-state index < -0.39 is 0 Å². The van der Waals surface area contributed by atoms with Gasteiger partial charge < -0.3 is 9.47 Å². The molecule has 0 bridgehead atoms. The summed E-state index contributed by atoms with van der Waals surface area (Å²) >= 11 is 0. The fraction of sp³-hybridized carbons (Fsp3) is 1.00. The number of hydrogen-bond acceptors (Lipinski definition) is 2. The lowest BCUT2D eigenvalue weighted by Crippen LogP contribution is -2.00. The second-order valence-corrected chi connectivity index (χ2v) is 1.19. The van der Waals surface area contributed by atoms with E-state index in [1.54, 1.807) is 7.11 Å². The number of hydrogen-bond donors (Lipinski definition) is 0. The Morgan fingerprint density at radius 2 is 1.36 bits per heavy atom. The van der Waals surface area contributed by atoms with E-state index in [9.17, 15) is 0 Å². The summed E-state index contributed by atoms with van der Waals surface area (Å²) in [6, 6.07) is 0. The molecule has 0 atom stereocenters. The first kappa shape index (κ1) is 17.1. The molecule has 0 rings (SSSR count). The van der Waals surface area contributed by atoms with Crippen molar-refractivity contribution in [2.45, 2.75) is 34.6 Å². The molecule has 0 N–H and O–H groups in total. The first-order chi connectivity index (χ1) is 5.41. The van der Waals surface area contributed by atoms with Gasteiger partial charge in [0, 0.05) is 13.7 Å². The molecule has 0 unspecified atom stereocenters. The zero-order valence-corrected chi connectivity index (χ0v) is 8.94. The van der Waals surface area contributed by atoms with Gasteiger partial charge in [0.25, 0.3) is 0 Å². The molecular formula is C9H24O2. The van der Waals surface area contributed by atoms with Crippen molar-refractivity contribution in [3.05, 3.63) is 0 Å². The normalized spacial score (nSPS) is 7.09. The van der Waals surface area contributed by atoms with Crippen LogP contribution in [0, 0.1) is 0 Å². The monoisotopic (exact) mass is 164 g/mol. The Hall–Kier alpha value is -0.0800. The molecule has 0 saturated heterocycles. The molecule has 72 valence electrons. The second-order valence-electron chi connectivity index (χ2n) is 1.19. The highest BCUT2D eigenvalue weighted by Gasteiger charge is 1.78. The Morgan fingerprint density at radius 3 is 1.64 bits per heavy atom. The van der Waals surface area contributed by atoms with Crippen LogP contribution in [0.25, 0.3) is 0 Å². The average Bonchev–Trinajstić information content (AvgIpc) is 2.13. The molecule has 0 aliphatic heterocycles. The second kappa shape index (κ2) is 32.6. The van der Waals surface area contributed by atoms with Gasteiger partial charge in [-0.15, -0.1) is 0 Å². The molecule has 0 aliphatic rings. The average molecular weight is 164 g/mol. The molecule has 2 nitrogen and oxygen atoms in total. The van der Waals surface area contributed by atoms with Crippen molar-refractivity contribution >= 4 is 0 Å². The minimum atomic E-state index is 0.702. The van der Waals surface area contributed by atoms with E-state index in [2.05, 4.69) is 0 Å².